The number of ether oxygens (including phenoxy) is 3. The van der Waals surface area contributed by atoms with Crippen LogP contribution in [0.15, 0.2) is 35.5 Å². The number of carbonyl (C=O) groups excluding carboxylic acids is 1. The van der Waals surface area contributed by atoms with E-state index in [4.69, 9.17) is 14.2 Å². The fourth-order valence-corrected chi connectivity index (χ4v) is 3.11. The SMILES string of the molecule is CC1(C)OC2C(O1)[C@H](NC(=O)OCc1ccccc1)C[C@@H]2N=O. The third kappa shape index (κ3) is 3.51. The van der Waals surface area contributed by atoms with Crippen molar-refractivity contribution >= 4 is 6.09 Å². The number of benzene rings is 1. The van der Waals surface area contributed by atoms with Crippen LogP contribution < -0.4 is 5.32 Å². The molecule has 1 aromatic rings. The summed E-state index contributed by atoms with van der Waals surface area (Å²) in [4.78, 5) is 23.0. The number of hydrogen-bond acceptors (Lipinski definition) is 6. The Morgan fingerprint density at radius 1 is 1.30 bits per heavy atom. The molecule has 1 aliphatic carbocycles. The highest BCUT2D eigenvalue weighted by molar-refractivity contribution is 5.67. The van der Waals surface area contributed by atoms with Gasteiger partial charge in [-0.25, -0.2) is 4.79 Å². The summed E-state index contributed by atoms with van der Waals surface area (Å²) in [5, 5.41) is 5.86. The second-order valence-corrected chi connectivity index (χ2v) is 6.29. The second kappa shape index (κ2) is 6.25. The Morgan fingerprint density at radius 2 is 2.00 bits per heavy atom. The van der Waals surface area contributed by atoms with E-state index < -0.39 is 30.1 Å². The third-order valence-electron chi connectivity index (χ3n) is 4.09. The molecule has 2 fully saturated rings. The van der Waals surface area contributed by atoms with E-state index in [9.17, 15) is 9.70 Å². The summed E-state index contributed by atoms with van der Waals surface area (Å²) in [7, 11) is 0. The fourth-order valence-electron chi connectivity index (χ4n) is 3.11. The zero-order valence-corrected chi connectivity index (χ0v) is 13.1. The van der Waals surface area contributed by atoms with E-state index in [0.717, 1.165) is 5.56 Å². The van der Waals surface area contributed by atoms with Crippen LogP contribution in [-0.4, -0.2) is 36.2 Å². The van der Waals surface area contributed by atoms with Crippen LogP contribution in [0.4, 0.5) is 4.79 Å². The van der Waals surface area contributed by atoms with Gasteiger partial charge in [0.1, 0.15) is 24.9 Å². The van der Waals surface area contributed by atoms with Gasteiger partial charge in [-0.15, -0.1) is 0 Å². The Morgan fingerprint density at radius 3 is 2.70 bits per heavy atom. The number of amides is 1. The first kappa shape index (κ1) is 15.9. The Hall–Kier alpha value is -1.99. The van der Waals surface area contributed by atoms with Crippen LogP contribution >= 0.6 is 0 Å². The Bertz CT molecular complexity index is 577. The molecule has 23 heavy (non-hydrogen) atoms. The molecular formula is C16H20N2O5. The first-order valence-electron chi connectivity index (χ1n) is 7.64. The Kier molecular flexibility index (Phi) is 4.32. The topological polar surface area (TPSA) is 86.2 Å². The number of fused-ring (bicyclic) bond motifs is 1. The Labute approximate surface area is 134 Å². The summed E-state index contributed by atoms with van der Waals surface area (Å²) < 4.78 is 16.7. The van der Waals surface area contributed by atoms with Crippen molar-refractivity contribution in [2.24, 2.45) is 5.18 Å². The first-order chi connectivity index (χ1) is 11.0. The number of rotatable bonds is 4. The van der Waals surface area contributed by atoms with Gasteiger partial charge in [0.05, 0.1) is 6.04 Å². The van der Waals surface area contributed by atoms with Gasteiger partial charge in [-0.3, -0.25) is 0 Å². The lowest BCUT2D eigenvalue weighted by Gasteiger charge is -2.22. The molecular weight excluding hydrogens is 300 g/mol. The van der Waals surface area contributed by atoms with Crippen molar-refractivity contribution in [1.82, 2.24) is 5.32 Å². The molecule has 1 saturated carbocycles. The van der Waals surface area contributed by atoms with E-state index in [0.29, 0.717) is 6.42 Å². The van der Waals surface area contributed by atoms with Gasteiger partial charge in [0.25, 0.3) is 0 Å². The lowest BCUT2D eigenvalue weighted by Crippen LogP contribution is -2.43. The maximum atomic E-state index is 12.0. The zero-order valence-electron chi connectivity index (χ0n) is 13.1. The second-order valence-electron chi connectivity index (χ2n) is 6.29. The van der Waals surface area contributed by atoms with E-state index in [1.54, 1.807) is 13.8 Å². The molecule has 0 aromatic heterocycles. The standard InChI is InChI=1S/C16H20N2O5/c1-16(2)22-13-11(8-12(18-20)14(13)23-16)17-15(19)21-9-10-6-4-3-5-7-10/h3-7,11-14H,8-9H2,1-2H3,(H,17,19)/t11-,12+,13?,14?/m1/s1. The number of hydrogen-bond donors (Lipinski definition) is 1. The van der Waals surface area contributed by atoms with Gasteiger partial charge in [-0.05, 0) is 25.8 Å². The first-order valence-corrected chi connectivity index (χ1v) is 7.64. The van der Waals surface area contributed by atoms with Crippen LogP contribution in [0.2, 0.25) is 0 Å². The lowest BCUT2D eigenvalue weighted by molar-refractivity contribution is -0.154. The number of alkyl carbamates (subject to hydrolysis) is 1. The molecule has 1 heterocycles. The highest BCUT2D eigenvalue weighted by atomic mass is 16.8. The predicted octanol–water partition coefficient (Wildman–Crippen LogP) is 2.34. The van der Waals surface area contributed by atoms with E-state index in [1.165, 1.54) is 0 Å². The maximum Gasteiger partial charge on any atom is 0.407 e. The fraction of sp³-hybridized carbons (Fsp3) is 0.562. The number of nitroso groups, excluding NO2 is 1. The van der Waals surface area contributed by atoms with Gasteiger partial charge >= 0.3 is 6.09 Å². The van der Waals surface area contributed by atoms with Crippen LogP contribution in [0, 0.1) is 4.91 Å². The van der Waals surface area contributed by atoms with Crippen molar-refractivity contribution < 1.29 is 19.0 Å². The van der Waals surface area contributed by atoms with E-state index in [2.05, 4.69) is 10.5 Å². The summed E-state index contributed by atoms with van der Waals surface area (Å²) >= 11 is 0. The molecule has 124 valence electrons. The van der Waals surface area contributed by atoms with Gasteiger partial charge in [0.2, 0.25) is 0 Å². The maximum absolute atomic E-state index is 12.0. The number of nitrogens with zero attached hydrogens (tertiary/aromatic N) is 1. The van der Waals surface area contributed by atoms with Crippen LogP contribution in [0.5, 0.6) is 0 Å². The molecule has 1 aromatic carbocycles. The van der Waals surface area contributed by atoms with E-state index in [1.807, 2.05) is 30.3 Å². The Balaban J connectivity index is 1.57. The number of carbonyl (C=O) groups is 1. The quantitative estimate of drug-likeness (QED) is 0.861. The average molecular weight is 320 g/mol. The molecule has 4 atom stereocenters. The van der Waals surface area contributed by atoms with Crippen LogP contribution in [0.1, 0.15) is 25.8 Å². The lowest BCUT2D eigenvalue weighted by atomic mass is 10.2. The summed E-state index contributed by atoms with van der Waals surface area (Å²) in [6.07, 6.45) is -0.980. The third-order valence-corrected chi connectivity index (χ3v) is 4.09. The minimum atomic E-state index is -0.785. The number of nitrogens with one attached hydrogen (secondary N) is 1. The van der Waals surface area contributed by atoms with Gasteiger partial charge in [-0.1, -0.05) is 35.5 Å². The summed E-state index contributed by atoms with van der Waals surface area (Å²) in [5.41, 5.74) is 0.904. The predicted molar refractivity (Wildman–Crippen MR) is 81.6 cm³/mol. The van der Waals surface area contributed by atoms with Crippen LogP contribution in [0.3, 0.4) is 0 Å². The summed E-state index contributed by atoms with van der Waals surface area (Å²) in [6.45, 7) is 3.74. The van der Waals surface area contributed by atoms with E-state index in [-0.39, 0.29) is 12.6 Å². The van der Waals surface area contributed by atoms with Crippen molar-refractivity contribution in [1.29, 1.82) is 0 Å². The van der Waals surface area contributed by atoms with Crippen molar-refractivity contribution in [3.63, 3.8) is 0 Å². The molecule has 7 nitrogen and oxygen atoms in total. The highest BCUT2D eigenvalue weighted by Gasteiger charge is 2.55. The normalized spacial score (nSPS) is 31.4. The van der Waals surface area contributed by atoms with E-state index >= 15 is 0 Å². The van der Waals surface area contributed by atoms with Crippen molar-refractivity contribution in [3.05, 3.63) is 40.8 Å². The molecule has 0 bridgehead atoms. The highest BCUT2D eigenvalue weighted by Crippen LogP contribution is 2.39. The van der Waals surface area contributed by atoms with Crippen molar-refractivity contribution in [2.75, 3.05) is 0 Å². The molecule has 0 spiro atoms. The summed E-state index contributed by atoms with van der Waals surface area (Å²) in [6, 6.07) is 8.53. The molecule has 1 aliphatic heterocycles. The molecule has 2 unspecified atom stereocenters. The van der Waals surface area contributed by atoms with Gasteiger partial charge in [-0.2, -0.15) is 4.91 Å². The van der Waals surface area contributed by atoms with Gasteiger partial charge in [0, 0.05) is 0 Å². The van der Waals surface area contributed by atoms with Gasteiger partial charge < -0.3 is 19.5 Å². The molecule has 1 amide bonds. The van der Waals surface area contributed by atoms with Crippen LogP contribution in [0.25, 0.3) is 0 Å². The molecule has 3 rings (SSSR count). The molecule has 1 N–H and O–H groups in total. The minimum absolute atomic E-state index is 0.186. The molecule has 2 aliphatic rings. The van der Waals surface area contributed by atoms with Crippen molar-refractivity contribution in [2.45, 2.75) is 57.0 Å². The molecule has 1 saturated heterocycles. The minimum Gasteiger partial charge on any atom is -0.445 e. The average Bonchev–Trinajstić information content (AvgIpc) is 3.00. The molecule has 7 heteroatoms. The van der Waals surface area contributed by atoms with Gasteiger partial charge in [0.15, 0.2) is 5.79 Å². The largest absolute Gasteiger partial charge is 0.445 e. The zero-order chi connectivity index (χ0) is 16.4. The van der Waals surface area contributed by atoms with Crippen molar-refractivity contribution in [3.8, 4) is 0 Å². The summed E-state index contributed by atoms with van der Waals surface area (Å²) in [5.74, 6) is -0.785. The van der Waals surface area contributed by atoms with Crippen LogP contribution in [-0.2, 0) is 20.8 Å². The smallest absolute Gasteiger partial charge is 0.407 e. The monoisotopic (exact) mass is 320 g/mol. The molecule has 0 radical (unpaired) electrons.